The standard InChI is InChI=1S/C24H24N2O5/c1-15(22(28)25-18-11-10-16-6-2-3-7-17(16)14-18)31-21(27)12-13-26-23(29)19-8-4-5-9-20(19)24(26)30/h2-7,10-11,14-15,19-20H,8-9,12-13H2,1H3,(H,25,28)/t15-,19+,20+/m1/s1. The summed E-state index contributed by atoms with van der Waals surface area (Å²) in [6, 6.07) is 13.3. The van der Waals surface area contributed by atoms with E-state index in [1.54, 1.807) is 6.07 Å². The minimum absolute atomic E-state index is 0.0253. The highest BCUT2D eigenvalue weighted by atomic mass is 16.5. The number of fused-ring (bicyclic) bond motifs is 2. The number of nitrogens with one attached hydrogen (secondary N) is 1. The summed E-state index contributed by atoms with van der Waals surface area (Å²) in [6.45, 7) is 1.46. The van der Waals surface area contributed by atoms with Gasteiger partial charge in [-0.25, -0.2) is 0 Å². The van der Waals surface area contributed by atoms with Crippen LogP contribution in [0.1, 0.15) is 26.2 Å². The average Bonchev–Trinajstić information content (AvgIpc) is 3.02. The van der Waals surface area contributed by atoms with Crippen LogP contribution < -0.4 is 5.32 Å². The van der Waals surface area contributed by atoms with Crippen molar-refractivity contribution in [2.75, 3.05) is 11.9 Å². The van der Waals surface area contributed by atoms with Gasteiger partial charge in [-0.05, 0) is 42.7 Å². The van der Waals surface area contributed by atoms with E-state index in [4.69, 9.17) is 4.74 Å². The molecule has 1 aliphatic carbocycles. The van der Waals surface area contributed by atoms with Crippen LogP contribution >= 0.6 is 0 Å². The van der Waals surface area contributed by atoms with Crippen molar-refractivity contribution in [3.8, 4) is 0 Å². The molecular weight excluding hydrogens is 396 g/mol. The number of esters is 1. The molecule has 7 nitrogen and oxygen atoms in total. The molecule has 1 heterocycles. The fourth-order valence-corrected chi connectivity index (χ4v) is 4.11. The number of allylic oxidation sites excluding steroid dienone is 2. The number of hydrogen-bond acceptors (Lipinski definition) is 5. The topological polar surface area (TPSA) is 92.8 Å². The first-order valence-corrected chi connectivity index (χ1v) is 10.4. The van der Waals surface area contributed by atoms with Gasteiger partial charge in [0.05, 0.1) is 18.3 Å². The molecule has 0 spiro atoms. The highest BCUT2D eigenvalue weighted by Gasteiger charge is 2.47. The third-order valence-electron chi connectivity index (χ3n) is 5.83. The maximum Gasteiger partial charge on any atom is 0.308 e. The van der Waals surface area contributed by atoms with Crippen LogP contribution in [0.3, 0.4) is 0 Å². The Morgan fingerprint density at radius 3 is 2.35 bits per heavy atom. The molecule has 0 unspecified atom stereocenters. The van der Waals surface area contributed by atoms with E-state index < -0.39 is 18.0 Å². The normalized spacial score (nSPS) is 21.1. The highest BCUT2D eigenvalue weighted by Crippen LogP contribution is 2.35. The van der Waals surface area contributed by atoms with Crippen molar-refractivity contribution in [2.24, 2.45) is 11.8 Å². The largest absolute Gasteiger partial charge is 0.452 e. The second-order valence-electron chi connectivity index (χ2n) is 7.92. The SMILES string of the molecule is C[C@@H](OC(=O)CCN1C(=O)[C@H]2CC=CC[C@@H]2C1=O)C(=O)Nc1ccc2ccccc2c1. The van der Waals surface area contributed by atoms with Crippen molar-refractivity contribution in [3.63, 3.8) is 0 Å². The molecule has 2 aliphatic rings. The van der Waals surface area contributed by atoms with Crippen LogP contribution in [0.2, 0.25) is 0 Å². The number of benzene rings is 2. The van der Waals surface area contributed by atoms with E-state index >= 15 is 0 Å². The Morgan fingerprint density at radius 1 is 1.03 bits per heavy atom. The van der Waals surface area contributed by atoms with Crippen molar-refractivity contribution in [2.45, 2.75) is 32.3 Å². The lowest BCUT2D eigenvalue weighted by Crippen LogP contribution is -2.35. The summed E-state index contributed by atoms with van der Waals surface area (Å²) in [6.07, 6.45) is 3.80. The van der Waals surface area contributed by atoms with Crippen LogP contribution in [0.25, 0.3) is 10.8 Å². The molecule has 3 amide bonds. The summed E-state index contributed by atoms with van der Waals surface area (Å²) in [5, 5.41) is 4.79. The molecule has 1 fully saturated rings. The molecule has 0 radical (unpaired) electrons. The van der Waals surface area contributed by atoms with E-state index in [1.807, 2.05) is 48.6 Å². The molecule has 3 atom stereocenters. The zero-order chi connectivity index (χ0) is 22.0. The van der Waals surface area contributed by atoms with Crippen molar-refractivity contribution < 1.29 is 23.9 Å². The predicted octanol–water partition coefficient (Wildman–Crippen LogP) is 3.05. The van der Waals surface area contributed by atoms with E-state index in [2.05, 4.69) is 5.32 Å². The van der Waals surface area contributed by atoms with Gasteiger partial charge in [0.15, 0.2) is 6.10 Å². The van der Waals surface area contributed by atoms with Crippen LogP contribution in [0.4, 0.5) is 5.69 Å². The predicted molar refractivity (Wildman–Crippen MR) is 115 cm³/mol. The summed E-state index contributed by atoms with van der Waals surface area (Å²) in [7, 11) is 0. The molecule has 1 N–H and O–H groups in total. The zero-order valence-corrected chi connectivity index (χ0v) is 17.2. The maximum absolute atomic E-state index is 12.4. The molecule has 1 aliphatic heterocycles. The second kappa shape index (κ2) is 8.71. The molecule has 0 aromatic heterocycles. The second-order valence-corrected chi connectivity index (χ2v) is 7.92. The first kappa shape index (κ1) is 20.8. The number of imide groups is 1. The Balaban J connectivity index is 1.28. The van der Waals surface area contributed by atoms with Gasteiger partial charge >= 0.3 is 5.97 Å². The minimum atomic E-state index is -1.00. The number of carbonyl (C=O) groups is 4. The quantitative estimate of drug-likeness (QED) is 0.441. The Morgan fingerprint density at radius 2 is 1.68 bits per heavy atom. The first-order valence-electron chi connectivity index (χ1n) is 10.4. The number of nitrogens with zero attached hydrogens (tertiary/aromatic N) is 1. The highest BCUT2D eigenvalue weighted by molar-refractivity contribution is 6.05. The number of ether oxygens (including phenoxy) is 1. The molecule has 31 heavy (non-hydrogen) atoms. The van der Waals surface area contributed by atoms with E-state index in [1.165, 1.54) is 6.92 Å². The summed E-state index contributed by atoms with van der Waals surface area (Å²) in [5.74, 6) is -2.17. The van der Waals surface area contributed by atoms with Gasteiger partial charge in [0.1, 0.15) is 0 Å². The Bertz CT molecular complexity index is 1050. The molecule has 7 heteroatoms. The maximum atomic E-state index is 12.4. The molecule has 160 valence electrons. The van der Waals surface area contributed by atoms with Crippen LogP contribution in [0, 0.1) is 11.8 Å². The smallest absolute Gasteiger partial charge is 0.308 e. The third kappa shape index (κ3) is 4.35. The lowest BCUT2D eigenvalue weighted by atomic mass is 9.85. The molecular formula is C24H24N2O5. The molecule has 0 bridgehead atoms. The van der Waals surface area contributed by atoms with Crippen LogP contribution in [0.5, 0.6) is 0 Å². The van der Waals surface area contributed by atoms with Gasteiger partial charge in [0.2, 0.25) is 11.8 Å². The van der Waals surface area contributed by atoms with Gasteiger partial charge in [-0.3, -0.25) is 24.1 Å². The van der Waals surface area contributed by atoms with Crippen LogP contribution in [-0.2, 0) is 23.9 Å². The number of anilines is 1. The van der Waals surface area contributed by atoms with Crippen molar-refractivity contribution in [1.29, 1.82) is 0 Å². The lowest BCUT2D eigenvalue weighted by Gasteiger charge is -2.16. The molecule has 4 rings (SSSR count). The Hall–Kier alpha value is -3.48. The van der Waals surface area contributed by atoms with E-state index in [0.717, 1.165) is 15.7 Å². The van der Waals surface area contributed by atoms with Gasteiger partial charge < -0.3 is 10.1 Å². The number of likely N-dealkylation sites (tertiary alicyclic amines) is 1. The average molecular weight is 420 g/mol. The zero-order valence-electron chi connectivity index (χ0n) is 17.2. The Kier molecular flexibility index (Phi) is 5.84. The summed E-state index contributed by atoms with van der Waals surface area (Å²) in [4.78, 5) is 50.7. The van der Waals surface area contributed by atoms with Crippen molar-refractivity contribution in [3.05, 3.63) is 54.6 Å². The van der Waals surface area contributed by atoms with E-state index in [9.17, 15) is 19.2 Å². The van der Waals surface area contributed by atoms with Crippen molar-refractivity contribution in [1.82, 2.24) is 4.90 Å². The number of carbonyl (C=O) groups excluding carboxylic acids is 4. The molecule has 2 aromatic rings. The molecule has 2 aromatic carbocycles. The van der Waals surface area contributed by atoms with Gasteiger partial charge in [-0.2, -0.15) is 0 Å². The fourth-order valence-electron chi connectivity index (χ4n) is 4.11. The van der Waals surface area contributed by atoms with Crippen molar-refractivity contribution >= 4 is 40.2 Å². The number of amides is 3. The third-order valence-corrected chi connectivity index (χ3v) is 5.83. The van der Waals surface area contributed by atoms with E-state index in [-0.39, 0.29) is 36.6 Å². The van der Waals surface area contributed by atoms with Gasteiger partial charge in [-0.15, -0.1) is 0 Å². The summed E-state index contributed by atoms with van der Waals surface area (Å²) in [5.41, 5.74) is 0.607. The Labute approximate surface area is 180 Å². The molecule has 1 saturated heterocycles. The molecule has 0 saturated carbocycles. The number of hydrogen-bond donors (Lipinski definition) is 1. The minimum Gasteiger partial charge on any atom is -0.452 e. The van der Waals surface area contributed by atoms with Gasteiger partial charge in [0.25, 0.3) is 5.91 Å². The lowest BCUT2D eigenvalue weighted by molar-refractivity contribution is -0.154. The number of rotatable bonds is 6. The van der Waals surface area contributed by atoms with Crippen LogP contribution in [-0.4, -0.2) is 41.2 Å². The van der Waals surface area contributed by atoms with E-state index in [0.29, 0.717) is 18.5 Å². The summed E-state index contributed by atoms with van der Waals surface area (Å²) >= 11 is 0. The fraction of sp³-hybridized carbons (Fsp3) is 0.333. The van der Waals surface area contributed by atoms with Gasteiger partial charge in [0, 0.05) is 12.2 Å². The summed E-state index contributed by atoms with van der Waals surface area (Å²) < 4.78 is 5.21. The monoisotopic (exact) mass is 420 g/mol. The van der Waals surface area contributed by atoms with Crippen LogP contribution in [0.15, 0.2) is 54.6 Å². The first-order chi connectivity index (χ1) is 14.9. The van der Waals surface area contributed by atoms with Gasteiger partial charge in [-0.1, -0.05) is 42.5 Å².